The average Bonchev–Trinajstić information content (AvgIpc) is 3.04. The Kier molecular flexibility index (Phi) is 5.13. The molecule has 26 heavy (non-hydrogen) atoms. The number of fused-ring (bicyclic) bond motifs is 1. The van der Waals surface area contributed by atoms with E-state index >= 15 is 0 Å². The van der Waals surface area contributed by atoms with Crippen molar-refractivity contribution in [3.8, 4) is 5.75 Å². The van der Waals surface area contributed by atoms with Crippen molar-refractivity contribution < 1.29 is 14.6 Å². The minimum Gasteiger partial charge on any atom is -0.491 e. The molecule has 1 aromatic carbocycles. The summed E-state index contributed by atoms with van der Waals surface area (Å²) in [5, 5.41) is 14.6. The zero-order valence-corrected chi connectivity index (χ0v) is 14.6. The molecule has 0 aliphatic carbocycles. The number of aryl methyl sites for hydroxylation is 1. The van der Waals surface area contributed by atoms with Gasteiger partial charge in [-0.15, -0.1) is 0 Å². The van der Waals surface area contributed by atoms with Crippen LogP contribution in [0.5, 0.6) is 5.75 Å². The lowest BCUT2D eigenvalue weighted by molar-refractivity contribution is 0.0913. The second-order valence-corrected chi connectivity index (χ2v) is 5.97. The number of carbonyl (C=O) groups is 1. The third kappa shape index (κ3) is 3.65. The first-order chi connectivity index (χ1) is 12.5. The Morgan fingerprint density at radius 2 is 2.04 bits per heavy atom. The van der Waals surface area contributed by atoms with Crippen LogP contribution in [0.2, 0.25) is 0 Å². The van der Waals surface area contributed by atoms with E-state index in [1.54, 1.807) is 31.3 Å². The molecule has 0 aliphatic heterocycles. The minimum absolute atomic E-state index is 0.0125. The number of carbonyl (C=O) groups excluding carboxylic acids is 1. The maximum Gasteiger partial charge on any atom is 0.264 e. The van der Waals surface area contributed by atoms with Crippen molar-refractivity contribution in [2.45, 2.75) is 26.0 Å². The summed E-state index contributed by atoms with van der Waals surface area (Å²) in [6.07, 6.45) is 2.41. The zero-order chi connectivity index (χ0) is 18.7. The van der Waals surface area contributed by atoms with Crippen LogP contribution in [0.3, 0.4) is 0 Å². The van der Waals surface area contributed by atoms with E-state index in [9.17, 15) is 14.7 Å². The molecular weight excluding hydrogens is 336 g/mol. The Morgan fingerprint density at radius 3 is 2.73 bits per heavy atom. The predicted molar refractivity (Wildman–Crippen MR) is 95.3 cm³/mol. The van der Waals surface area contributed by atoms with Gasteiger partial charge in [0.1, 0.15) is 30.2 Å². The average molecular weight is 356 g/mol. The van der Waals surface area contributed by atoms with Gasteiger partial charge in [-0.1, -0.05) is 6.92 Å². The lowest BCUT2D eigenvalue weighted by atomic mass is 10.1. The molecule has 136 valence electrons. The number of Topliss-reactive ketones (excluding diaryl/α,β-unsaturated/α-hetero) is 1. The first kappa shape index (κ1) is 17.8. The van der Waals surface area contributed by atoms with Crippen molar-refractivity contribution in [2.24, 2.45) is 7.05 Å². The Morgan fingerprint density at radius 1 is 1.31 bits per heavy atom. The predicted octanol–water partition coefficient (Wildman–Crippen LogP) is 1.16. The number of aliphatic hydroxyl groups is 1. The summed E-state index contributed by atoms with van der Waals surface area (Å²) in [6.45, 7) is 1.88. The van der Waals surface area contributed by atoms with E-state index < -0.39 is 6.10 Å². The fraction of sp³-hybridized carbons (Fsp3) is 0.333. The molecule has 1 N–H and O–H groups in total. The molecule has 0 amide bonds. The van der Waals surface area contributed by atoms with Crippen LogP contribution in [0.15, 0.2) is 41.6 Å². The second kappa shape index (κ2) is 7.49. The summed E-state index contributed by atoms with van der Waals surface area (Å²) < 4.78 is 8.38. The van der Waals surface area contributed by atoms with Crippen LogP contribution in [0.4, 0.5) is 0 Å². The van der Waals surface area contributed by atoms with Crippen LogP contribution in [0, 0.1) is 0 Å². The summed E-state index contributed by atoms with van der Waals surface area (Å²) in [4.78, 5) is 28.1. The van der Waals surface area contributed by atoms with Crippen molar-refractivity contribution in [3.05, 3.63) is 52.7 Å². The molecule has 2 aromatic heterocycles. The highest BCUT2D eigenvalue weighted by molar-refractivity contribution is 5.95. The SMILES string of the molecule is CCC(=O)c1ccc(OCC(O)Cn2cnc3c(cnn3C)c2=O)cc1. The van der Waals surface area contributed by atoms with Gasteiger partial charge in [-0.25, -0.2) is 4.98 Å². The van der Waals surface area contributed by atoms with E-state index in [0.717, 1.165) is 0 Å². The third-order valence-corrected chi connectivity index (χ3v) is 4.07. The summed E-state index contributed by atoms with van der Waals surface area (Å²) in [6, 6.07) is 6.76. The van der Waals surface area contributed by atoms with Gasteiger partial charge in [0.2, 0.25) is 0 Å². The highest BCUT2D eigenvalue weighted by atomic mass is 16.5. The lowest BCUT2D eigenvalue weighted by Crippen LogP contribution is -2.30. The molecule has 8 nitrogen and oxygen atoms in total. The first-order valence-corrected chi connectivity index (χ1v) is 8.31. The summed E-state index contributed by atoms with van der Waals surface area (Å²) in [5.41, 5.74) is 0.867. The van der Waals surface area contributed by atoms with Crippen LogP contribution in [0.25, 0.3) is 11.0 Å². The molecular formula is C18H20N4O4. The summed E-state index contributed by atoms with van der Waals surface area (Å²) >= 11 is 0. The van der Waals surface area contributed by atoms with Crippen LogP contribution in [-0.4, -0.2) is 42.9 Å². The molecule has 0 fully saturated rings. The quantitative estimate of drug-likeness (QED) is 0.638. The van der Waals surface area contributed by atoms with E-state index in [2.05, 4.69) is 10.1 Å². The highest BCUT2D eigenvalue weighted by Crippen LogP contribution is 2.14. The van der Waals surface area contributed by atoms with Crippen LogP contribution in [0.1, 0.15) is 23.7 Å². The number of ketones is 1. The number of hydrogen-bond acceptors (Lipinski definition) is 6. The minimum atomic E-state index is -0.888. The number of nitrogens with zero attached hydrogens (tertiary/aromatic N) is 4. The Hall–Kier alpha value is -3.00. The summed E-state index contributed by atoms with van der Waals surface area (Å²) in [7, 11) is 1.71. The highest BCUT2D eigenvalue weighted by Gasteiger charge is 2.12. The molecule has 0 bridgehead atoms. The number of aromatic nitrogens is 4. The second-order valence-electron chi connectivity index (χ2n) is 5.97. The van der Waals surface area contributed by atoms with Gasteiger partial charge in [-0.05, 0) is 24.3 Å². The van der Waals surface area contributed by atoms with Gasteiger partial charge in [-0.2, -0.15) is 5.10 Å². The maximum atomic E-state index is 12.4. The normalized spacial score (nSPS) is 12.3. The number of benzene rings is 1. The van der Waals surface area contributed by atoms with Crippen molar-refractivity contribution in [1.29, 1.82) is 0 Å². The molecule has 1 atom stereocenters. The smallest absolute Gasteiger partial charge is 0.264 e. The van der Waals surface area contributed by atoms with Gasteiger partial charge in [0.15, 0.2) is 11.4 Å². The fourth-order valence-electron chi connectivity index (χ4n) is 2.61. The van der Waals surface area contributed by atoms with Gasteiger partial charge < -0.3 is 9.84 Å². The molecule has 0 saturated heterocycles. The zero-order valence-electron chi connectivity index (χ0n) is 14.6. The van der Waals surface area contributed by atoms with E-state index in [0.29, 0.717) is 28.8 Å². The molecule has 0 spiro atoms. The monoisotopic (exact) mass is 356 g/mol. The van der Waals surface area contributed by atoms with Crippen LogP contribution in [-0.2, 0) is 13.6 Å². The molecule has 1 unspecified atom stereocenters. The number of aliphatic hydroxyl groups excluding tert-OH is 1. The molecule has 0 saturated carbocycles. The van der Waals surface area contributed by atoms with Gasteiger partial charge in [0.25, 0.3) is 5.56 Å². The topological polar surface area (TPSA) is 99.2 Å². The van der Waals surface area contributed by atoms with Gasteiger partial charge in [0.05, 0.1) is 12.7 Å². The molecule has 0 radical (unpaired) electrons. The van der Waals surface area contributed by atoms with E-state index in [1.165, 1.54) is 21.8 Å². The van der Waals surface area contributed by atoms with Crippen LogP contribution < -0.4 is 10.3 Å². The van der Waals surface area contributed by atoms with Crippen LogP contribution >= 0.6 is 0 Å². The van der Waals surface area contributed by atoms with Gasteiger partial charge in [0, 0.05) is 19.0 Å². The van der Waals surface area contributed by atoms with Crippen molar-refractivity contribution in [1.82, 2.24) is 19.3 Å². The fourth-order valence-corrected chi connectivity index (χ4v) is 2.61. The lowest BCUT2D eigenvalue weighted by Gasteiger charge is -2.14. The van der Waals surface area contributed by atoms with Gasteiger partial charge >= 0.3 is 0 Å². The van der Waals surface area contributed by atoms with E-state index in [1.807, 2.05) is 6.92 Å². The Bertz CT molecular complexity index is 975. The molecule has 2 heterocycles. The summed E-state index contributed by atoms with van der Waals surface area (Å²) in [5.74, 6) is 0.610. The van der Waals surface area contributed by atoms with Crippen molar-refractivity contribution in [2.75, 3.05) is 6.61 Å². The number of rotatable bonds is 7. The van der Waals surface area contributed by atoms with E-state index in [4.69, 9.17) is 4.74 Å². The molecule has 3 aromatic rings. The largest absolute Gasteiger partial charge is 0.491 e. The molecule has 0 aliphatic rings. The first-order valence-electron chi connectivity index (χ1n) is 8.31. The molecule has 3 rings (SSSR count). The number of hydrogen-bond donors (Lipinski definition) is 1. The Labute approximate surface area is 149 Å². The standard InChI is InChI=1S/C18H20N4O4/c1-3-16(24)12-4-6-14(7-5-12)26-10-13(23)9-22-11-19-17-15(18(22)25)8-20-21(17)2/h4-8,11,13,23H,3,9-10H2,1-2H3. The van der Waals surface area contributed by atoms with Crippen molar-refractivity contribution in [3.63, 3.8) is 0 Å². The van der Waals surface area contributed by atoms with Gasteiger partial charge in [-0.3, -0.25) is 18.8 Å². The molecule has 8 heteroatoms. The maximum absolute atomic E-state index is 12.4. The third-order valence-electron chi connectivity index (χ3n) is 4.07. The van der Waals surface area contributed by atoms with Crippen molar-refractivity contribution >= 4 is 16.8 Å². The number of ether oxygens (including phenoxy) is 1. The Balaban J connectivity index is 1.62. The van der Waals surface area contributed by atoms with E-state index in [-0.39, 0.29) is 24.5 Å².